The minimum atomic E-state index is 0.0499. The SMILES string of the molecule is Cc1cn[nH]c1C1CCCN(C(=O)c2ccc3c(c2)OCCO3)C1. The molecule has 1 N–H and O–H groups in total. The van der Waals surface area contributed by atoms with E-state index in [0.29, 0.717) is 36.2 Å². The molecule has 1 fully saturated rings. The van der Waals surface area contributed by atoms with Crippen molar-refractivity contribution < 1.29 is 14.3 Å². The highest BCUT2D eigenvalue weighted by molar-refractivity contribution is 5.95. The predicted molar refractivity (Wildman–Crippen MR) is 88.6 cm³/mol. The zero-order valence-electron chi connectivity index (χ0n) is 13.7. The number of likely N-dealkylation sites (tertiary alicyclic amines) is 1. The Bertz CT molecular complexity index is 756. The lowest BCUT2D eigenvalue weighted by atomic mass is 9.92. The molecule has 0 bridgehead atoms. The van der Waals surface area contributed by atoms with Gasteiger partial charge in [-0.2, -0.15) is 5.10 Å². The molecule has 1 unspecified atom stereocenters. The van der Waals surface area contributed by atoms with Crippen LogP contribution in [-0.2, 0) is 0 Å². The van der Waals surface area contributed by atoms with Crippen molar-refractivity contribution in [2.75, 3.05) is 26.3 Å². The number of nitrogens with one attached hydrogen (secondary N) is 1. The van der Waals surface area contributed by atoms with E-state index in [1.807, 2.05) is 23.2 Å². The summed E-state index contributed by atoms with van der Waals surface area (Å²) in [6.07, 6.45) is 3.92. The maximum atomic E-state index is 12.9. The summed E-state index contributed by atoms with van der Waals surface area (Å²) in [5.74, 6) is 1.74. The number of hydrogen-bond acceptors (Lipinski definition) is 4. The number of hydrogen-bond donors (Lipinski definition) is 1. The number of rotatable bonds is 2. The van der Waals surface area contributed by atoms with Crippen LogP contribution in [0.2, 0.25) is 0 Å². The summed E-state index contributed by atoms with van der Waals surface area (Å²) in [7, 11) is 0. The first-order valence-electron chi connectivity index (χ1n) is 8.41. The van der Waals surface area contributed by atoms with Crippen LogP contribution < -0.4 is 9.47 Å². The number of carbonyl (C=O) groups is 1. The van der Waals surface area contributed by atoms with Crippen LogP contribution in [-0.4, -0.2) is 47.3 Å². The second-order valence-electron chi connectivity index (χ2n) is 6.42. The second kappa shape index (κ2) is 6.19. The number of aromatic nitrogens is 2. The zero-order valence-corrected chi connectivity index (χ0v) is 13.7. The van der Waals surface area contributed by atoms with E-state index in [2.05, 4.69) is 17.1 Å². The fourth-order valence-corrected chi connectivity index (χ4v) is 3.53. The third kappa shape index (κ3) is 2.72. The lowest BCUT2D eigenvalue weighted by Gasteiger charge is -2.33. The van der Waals surface area contributed by atoms with Gasteiger partial charge in [-0.1, -0.05) is 0 Å². The van der Waals surface area contributed by atoms with E-state index in [9.17, 15) is 4.79 Å². The summed E-state index contributed by atoms with van der Waals surface area (Å²) in [6.45, 7) is 4.64. The van der Waals surface area contributed by atoms with Gasteiger partial charge in [0.2, 0.25) is 0 Å². The van der Waals surface area contributed by atoms with Crippen LogP contribution >= 0.6 is 0 Å². The van der Waals surface area contributed by atoms with Gasteiger partial charge < -0.3 is 14.4 Å². The van der Waals surface area contributed by atoms with Crippen LogP contribution in [0.15, 0.2) is 24.4 Å². The predicted octanol–water partition coefficient (Wildman–Crippen LogP) is 2.51. The Hall–Kier alpha value is -2.50. The molecule has 24 heavy (non-hydrogen) atoms. The van der Waals surface area contributed by atoms with Gasteiger partial charge in [0, 0.05) is 30.3 Å². The molecular formula is C18H21N3O3. The standard InChI is InChI=1S/C18H21N3O3/c1-12-10-19-20-17(12)14-3-2-6-21(11-14)18(22)13-4-5-15-16(9-13)24-8-7-23-15/h4-5,9-10,14H,2-3,6-8,11H2,1H3,(H,19,20). The van der Waals surface area contributed by atoms with Crippen LogP contribution in [0.25, 0.3) is 0 Å². The van der Waals surface area contributed by atoms with Crippen molar-refractivity contribution in [1.29, 1.82) is 0 Å². The van der Waals surface area contributed by atoms with E-state index >= 15 is 0 Å². The highest BCUT2D eigenvalue weighted by Gasteiger charge is 2.28. The molecule has 2 aliphatic rings. The second-order valence-corrected chi connectivity index (χ2v) is 6.42. The number of nitrogens with zero attached hydrogens (tertiary/aromatic N) is 2. The molecule has 1 aromatic heterocycles. The fourth-order valence-electron chi connectivity index (χ4n) is 3.53. The number of aromatic amines is 1. The van der Waals surface area contributed by atoms with Gasteiger partial charge >= 0.3 is 0 Å². The van der Waals surface area contributed by atoms with Crippen LogP contribution in [0, 0.1) is 6.92 Å². The molecule has 126 valence electrons. The number of benzene rings is 1. The summed E-state index contributed by atoms with van der Waals surface area (Å²) >= 11 is 0. The number of fused-ring (bicyclic) bond motifs is 1. The highest BCUT2D eigenvalue weighted by Crippen LogP contribution is 2.32. The molecule has 1 amide bonds. The Morgan fingerprint density at radius 3 is 2.92 bits per heavy atom. The van der Waals surface area contributed by atoms with Gasteiger partial charge in [0.15, 0.2) is 11.5 Å². The van der Waals surface area contributed by atoms with Gasteiger partial charge in [-0.25, -0.2) is 0 Å². The number of aryl methyl sites for hydroxylation is 1. The minimum Gasteiger partial charge on any atom is -0.486 e. The molecule has 1 atom stereocenters. The van der Waals surface area contributed by atoms with Crippen molar-refractivity contribution in [2.24, 2.45) is 0 Å². The fraction of sp³-hybridized carbons (Fsp3) is 0.444. The molecule has 0 radical (unpaired) electrons. The average Bonchev–Trinajstić information content (AvgIpc) is 3.07. The van der Waals surface area contributed by atoms with Crippen molar-refractivity contribution in [3.63, 3.8) is 0 Å². The molecule has 6 nitrogen and oxygen atoms in total. The molecule has 0 spiro atoms. The Morgan fingerprint density at radius 2 is 2.12 bits per heavy atom. The van der Waals surface area contributed by atoms with Crippen LogP contribution in [0.5, 0.6) is 11.5 Å². The number of piperidine rings is 1. The monoisotopic (exact) mass is 327 g/mol. The molecule has 2 aliphatic heterocycles. The van der Waals surface area contributed by atoms with Gasteiger partial charge in [0.25, 0.3) is 5.91 Å². The van der Waals surface area contributed by atoms with Gasteiger partial charge in [-0.05, 0) is 43.5 Å². The van der Waals surface area contributed by atoms with Crippen molar-refractivity contribution in [3.05, 3.63) is 41.2 Å². The van der Waals surface area contributed by atoms with Crippen LogP contribution in [0.1, 0.15) is 40.4 Å². The number of carbonyl (C=O) groups excluding carboxylic acids is 1. The third-order valence-corrected chi connectivity index (χ3v) is 4.77. The molecule has 6 heteroatoms. The molecule has 1 aromatic carbocycles. The van der Waals surface area contributed by atoms with Crippen LogP contribution in [0.3, 0.4) is 0 Å². The van der Waals surface area contributed by atoms with E-state index in [0.717, 1.165) is 37.2 Å². The first kappa shape index (κ1) is 15.1. The lowest BCUT2D eigenvalue weighted by Crippen LogP contribution is -2.39. The van der Waals surface area contributed by atoms with E-state index in [4.69, 9.17) is 9.47 Å². The molecule has 0 saturated carbocycles. The topological polar surface area (TPSA) is 67.5 Å². The normalized spacial score (nSPS) is 20.0. The largest absolute Gasteiger partial charge is 0.486 e. The van der Waals surface area contributed by atoms with Gasteiger partial charge in [-0.3, -0.25) is 9.89 Å². The third-order valence-electron chi connectivity index (χ3n) is 4.77. The summed E-state index contributed by atoms with van der Waals surface area (Å²) < 4.78 is 11.1. The van der Waals surface area contributed by atoms with E-state index in [1.165, 1.54) is 0 Å². The summed E-state index contributed by atoms with van der Waals surface area (Å²) in [4.78, 5) is 14.8. The summed E-state index contributed by atoms with van der Waals surface area (Å²) in [5, 5.41) is 7.21. The highest BCUT2D eigenvalue weighted by atomic mass is 16.6. The average molecular weight is 327 g/mol. The van der Waals surface area contributed by atoms with Gasteiger partial charge in [-0.15, -0.1) is 0 Å². The maximum Gasteiger partial charge on any atom is 0.254 e. The maximum absolute atomic E-state index is 12.9. The van der Waals surface area contributed by atoms with Crippen molar-refractivity contribution in [3.8, 4) is 11.5 Å². The van der Waals surface area contributed by atoms with Gasteiger partial charge in [0.05, 0.1) is 6.20 Å². The van der Waals surface area contributed by atoms with Crippen molar-refractivity contribution in [2.45, 2.75) is 25.7 Å². The molecular weight excluding hydrogens is 306 g/mol. The minimum absolute atomic E-state index is 0.0499. The Morgan fingerprint density at radius 1 is 1.29 bits per heavy atom. The van der Waals surface area contributed by atoms with E-state index in [1.54, 1.807) is 6.07 Å². The molecule has 4 rings (SSSR count). The Balaban J connectivity index is 1.52. The van der Waals surface area contributed by atoms with Crippen molar-refractivity contribution >= 4 is 5.91 Å². The number of ether oxygens (including phenoxy) is 2. The summed E-state index contributed by atoms with van der Waals surface area (Å²) in [5.41, 5.74) is 2.96. The van der Waals surface area contributed by atoms with Crippen LogP contribution in [0.4, 0.5) is 0 Å². The molecule has 1 saturated heterocycles. The number of H-pyrrole nitrogens is 1. The quantitative estimate of drug-likeness (QED) is 0.920. The molecule has 0 aliphatic carbocycles. The van der Waals surface area contributed by atoms with Crippen molar-refractivity contribution in [1.82, 2.24) is 15.1 Å². The number of amides is 1. The smallest absolute Gasteiger partial charge is 0.254 e. The zero-order chi connectivity index (χ0) is 16.5. The Kier molecular flexibility index (Phi) is 3.88. The molecule has 3 heterocycles. The van der Waals surface area contributed by atoms with E-state index < -0.39 is 0 Å². The summed E-state index contributed by atoms with van der Waals surface area (Å²) in [6, 6.07) is 5.44. The molecule has 2 aromatic rings. The van der Waals surface area contributed by atoms with E-state index in [-0.39, 0.29) is 5.91 Å². The van der Waals surface area contributed by atoms with Gasteiger partial charge in [0.1, 0.15) is 13.2 Å². The lowest BCUT2D eigenvalue weighted by molar-refractivity contribution is 0.0704. The first-order chi connectivity index (χ1) is 11.7. The first-order valence-corrected chi connectivity index (χ1v) is 8.41. The Labute approximate surface area is 140 Å².